The number of hydrogen-bond acceptors (Lipinski definition) is 4. The molecule has 0 N–H and O–H groups in total. The summed E-state index contributed by atoms with van der Waals surface area (Å²) in [4.78, 5) is 7.29. The molecule has 0 amide bonds. The molecule has 0 radical (unpaired) electrons. The number of anilines is 3. The molecule has 50 heavy (non-hydrogen) atoms. The molecule has 2 heterocycles. The van der Waals surface area contributed by atoms with E-state index in [0.717, 1.165) is 61.2 Å². The minimum atomic E-state index is -0.128. The van der Waals surface area contributed by atoms with Crippen LogP contribution in [0.4, 0.5) is 17.1 Å². The number of fused-ring (bicyclic) bond motifs is 7. The normalized spacial score (nSPS) is 13.2. The van der Waals surface area contributed by atoms with Crippen molar-refractivity contribution < 1.29 is 8.83 Å². The average Bonchev–Trinajstić information content (AvgIpc) is 3.82. The first-order valence-electron chi connectivity index (χ1n) is 17.0. The zero-order valence-corrected chi connectivity index (χ0v) is 27.7. The smallest absolute Gasteiger partial charge is 0.227 e. The quantitative estimate of drug-likeness (QED) is 0.187. The van der Waals surface area contributed by atoms with Crippen molar-refractivity contribution in [3.05, 3.63) is 169 Å². The van der Waals surface area contributed by atoms with Gasteiger partial charge in [-0.1, -0.05) is 105 Å². The predicted octanol–water partition coefficient (Wildman–Crippen LogP) is 12.8. The third-order valence-corrected chi connectivity index (χ3v) is 10.3. The fourth-order valence-electron chi connectivity index (χ4n) is 7.75. The van der Waals surface area contributed by atoms with Gasteiger partial charge in [-0.2, -0.15) is 0 Å². The summed E-state index contributed by atoms with van der Waals surface area (Å²) in [5.41, 5.74) is 14.8. The van der Waals surface area contributed by atoms with Crippen LogP contribution in [0.5, 0.6) is 0 Å². The highest BCUT2D eigenvalue weighted by atomic mass is 16.3. The van der Waals surface area contributed by atoms with E-state index in [1.54, 1.807) is 0 Å². The Morgan fingerprint density at radius 3 is 1.98 bits per heavy atom. The molecule has 0 unspecified atom stereocenters. The molecule has 0 atom stereocenters. The number of aromatic nitrogens is 1. The Kier molecular flexibility index (Phi) is 6.19. The lowest BCUT2D eigenvalue weighted by Gasteiger charge is -2.28. The summed E-state index contributed by atoms with van der Waals surface area (Å²) < 4.78 is 12.7. The maximum Gasteiger partial charge on any atom is 0.227 e. The van der Waals surface area contributed by atoms with Crippen molar-refractivity contribution in [2.75, 3.05) is 4.90 Å². The van der Waals surface area contributed by atoms with Crippen LogP contribution in [0, 0.1) is 0 Å². The van der Waals surface area contributed by atoms with E-state index in [9.17, 15) is 0 Å². The molecule has 1 aliphatic rings. The summed E-state index contributed by atoms with van der Waals surface area (Å²) in [6.07, 6.45) is 0. The molecule has 0 spiro atoms. The highest BCUT2D eigenvalue weighted by molar-refractivity contribution is 6.06. The number of nitrogens with zero attached hydrogens (tertiary/aromatic N) is 2. The molecule has 0 saturated heterocycles. The number of rotatable bonds is 5. The second kappa shape index (κ2) is 10.8. The van der Waals surface area contributed by atoms with Gasteiger partial charge in [0.25, 0.3) is 0 Å². The molecule has 7 aromatic carbocycles. The van der Waals surface area contributed by atoms with E-state index in [0.29, 0.717) is 5.89 Å². The highest BCUT2D eigenvalue weighted by Crippen LogP contribution is 2.51. The molecule has 10 rings (SSSR count). The molecule has 0 fully saturated rings. The first-order chi connectivity index (χ1) is 24.5. The van der Waals surface area contributed by atoms with Gasteiger partial charge in [-0.3, -0.25) is 0 Å². The maximum absolute atomic E-state index is 6.37. The Balaban J connectivity index is 1.10. The fourth-order valence-corrected chi connectivity index (χ4v) is 7.75. The van der Waals surface area contributed by atoms with Gasteiger partial charge >= 0.3 is 0 Å². The zero-order chi connectivity index (χ0) is 33.4. The van der Waals surface area contributed by atoms with Crippen LogP contribution in [0.2, 0.25) is 0 Å². The number of oxazole rings is 1. The Labute approximate surface area is 289 Å². The van der Waals surface area contributed by atoms with Crippen LogP contribution in [-0.2, 0) is 5.41 Å². The van der Waals surface area contributed by atoms with Gasteiger partial charge in [0.2, 0.25) is 5.89 Å². The van der Waals surface area contributed by atoms with Crippen molar-refractivity contribution >= 4 is 50.1 Å². The molecule has 4 nitrogen and oxygen atoms in total. The van der Waals surface area contributed by atoms with E-state index in [4.69, 9.17) is 13.8 Å². The summed E-state index contributed by atoms with van der Waals surface area (Å²) in [5, 5.41) is 2.22. The van der Waals surface area contributed by atoms with E-state index < -0.39 is 0 Å². The predicted molar refractivity (Wildman–Crippen MR) is 204 cm³/mol. The van der Waals surface area contributed by atoms with E-state index in [1.807, 2.05) is 24.3 Å². The number of hydrogen-bond donors (Lipinski definition) is 0. The Morgan fingerprint density at radius 2 is 1.10 bits per heavy atom. The summed E-state index contributed by atoms with van der Waals surface area (Å²) in [5.74, 6) is 0.601. The first-order valence-corrected chi connectivity index (χ1v) is 17.0. The standard InChI is InChI=1S/C46H32N2O2/c1-46(2)39-14-8-6-12-35(39)36-23-20-32(26-40(36)46)48(34-21-24-38-37-13-7-9-15-42(37)49-44(38)28-34)33-22-25-43-41(27-33)47-45(50-43)31-18-16-30(17-19-31)29-10-4-3-5-11-29/h3-28H,1-2H3. The minimum absolute atomic E-state index is 0.128. The van der Waals surface area contributed by atoms with Crippen molar-refractivity contribution in [3.63, 3.8) is 0 Å². The van der Waals surface area contributed by atoms with Crippen LogP contribution >= 0.6 is 0 Å². The van der Waals surface area contributed by atoms with E-state index >= 15 is 0 Å². The Hall–Kier alpha value is -6.39. The van der Waals surface area contributed by atoms with Crippen LogP contribution < -0.4 is 4.90 Å². The number of furan rings is 1. The molecule has 0 saturated carbocycles. The average molecular weight is 645 g/mol. The molecule has 1 aliphatic carbocycles. The van der Waals surface area contributed by atoms with Crippen LogP contribution in [0.1, 0.15) is 25.0 Å². The third-order valence-electron chi connectivity index (χ3n) is 10.3. The number of benzene rings is 7. The van der Waals surface area contributed by atoms with E-state index in [2.05, 4.69) is 152 Å². The molecular weight excluding hydrogens is 613 g/mol. The molecule has 2 aromatic heterocycles. The van der Waals surface area contributed by atoms with Crippen molar-refractivity contribution in [3.8, 4) is 33.7 Å². The van der Waals surface area contributed by atoms with E-state index in [1.165, 1.54) is 27.8 Å². The van der Waals surface area contributed by atoms with Crippen molar-refractivity contribution in [1.82, 2.24) is 4.98 Å². The van der Waals surface area contributed by atoms with Crippen LogP contribution in [0.25, 0.3) is 66.7 Å². The lowest BCUT2D eigenvalue weighted by molar-refractivity contribution is 0.620. The van der Waals surface area contributed by atoms with Gasteiger partial charge in [-0.05, 0) is 94.0 Å². The summed E-state index contributed by atoms with van der Waals surface area (Å²) in [7, 11) is 0. The van der Waals surface area contributed by atoms with Gasteiger partial charge in [0.15, 0.2) is 5.58 Å². The maximum atomic E-state index is 6.37. The fraction of sp³-hybridized carbons (Fsp3) is 0.0652. The highest BCUT2D eigenvalue weighted by Gasteiger charge is 2.35. The second-order valence-corrected chi connectivity index (χ2v) is 13.6. The molecule has 238 valence electrons. The summed E-state index contributed by atoms with van der Waals surface area (Å²) in [6.45, 7) is 4.64. The zero-order valence-electron chi connectivity index (χ0n) is 27.7. The van der Waals surface area contributed by atoms with Gasteiger partial charge in [-0.15, -0.1) is 0 Å². The van der Waals surface area contributed by atoms with E-state index in [-0.39, 0.29) is 5.41 Å². The van der Waals surface area contributed by atoms with Crippen molar-refractivity contribution in [1.29, 1.82) is 0 Å². The number of para-hydroxylation sites is 1. The second-order valence-electron chi connectivity index (χ2n) is 13.6. The minimum Gasteiger partial charge on any atom is -0.456 e. The molecule has 0 aliphatic heterocycles. The molecule has 4 heteroatoms. The van der Waals surface area contributed by atoms with Crippen LogP contribution in [0.15, 0.2) is 167 Å². The SMILES string of the molecule is CC1(C)c2ccccc2-c2ccc(N(c3ccc4oc(-c5ccc(-c6ccccc6)cc5)nc4c3)c3ccc4c(c3)oc3ccccc34)cc21. The van der Waals surface area contributed by atoms with Gasteiger partial charge in [0.05, 0.1) is 0 Å². The molecular formula is C46H32N2O2. The lowest BCUT2D eigenvalue weighted by atomic mass is 9.82. The van der Waals surface area contributed by atoms with Crippen LogP contribution in [0.3, 0.4) is 0 Å². The first kappa shape index (κ1) is 28.6. The molecule has 0 bridgehead atoms. The van der Waals surface area contributed by atoms with Crippen molar-refractivity contribution in [2.24, 2.45) is 0 Å². The van der Waals surface area contributed by atoms with Crippen molar-refractivity contribution in [2.45, 2.75) is 19.3 Å². The topological polar surface area (TPSA) is 42.4 Å². The summed E-state index contributed by atoms with van der Waals surface area (Å²) >= 11 is 0. The summed E-state index contributed by atoms with van der Waals surface area (Å²) in [6, 6.07) is 55.4. The lowest BCUT2D eigenvalue weighted by Crippen LogP contribution is -2.16. The van der Waals surface area contributed by atoms with Gasteiger partial charge in [-0.25, -0.2) is 4.98 Å². The van der Waals surface area contributed by atoms with Gasteiger partial charge < -0.3 is 13.7 Å². The Bertz CT molecular complexity index is 2730. The molecule has 9 aromatic rings. The largest absolute Gasteiger partial charge is 0.456 e. The van der Waals surface area contributed by atoms with Crippen LogP contribution in [-0.4, -0.2) is 4.98 Å². The van der Waals surface area contributed by atoms with Gasteiger partial charge in [0.1, 0.15) is 16.7 Å². The monoisotopic (exact) mass is 644 g/mol. The Morgan fingerprint density at radius 1 is 0.460 bits per heavy atom. The third kappa shape index (κ3) is 4.42. The van der Waals surface area contributed by atoms with Gasteiger partial charge in [0, 0.05) is 44.9 Å².